The summed E-state index contributed by atoms with van der Waals surface area (Å²) in [6, 6.07) is 7.81. The molecule has 0 saturated heterocycles. The number of imidazole rings is 1. The lowest BCUT2D eigenvalue weighted by Crippen LogP contribution is -2.24. The summed E-state index contributed by atoms with van der Waals surface area (Å²) in [7, 11) is 0. The molecule has 1 fully saturated rings. The molecule has 2 aromatic heterocycles. The number of aromatic amines is 1. The number of H-pyrrole nitrogens is 1. The average molecular weight is 351 g/mol. The number of amides is 1. The van der Waals surface area contributed by atoms with E-state index < -0.39 is 5.91 Å². The van der Waals surface area contributed by atoms with Crippen molar-refractivity contribution in [3.8, 4) is 11.4 Å². The highest BCUT2D eigenvalue weighted by Crippen LogP contribution is 2.30. The zero-order valence-electron chi connectivity index (χ0n) is 14.7. The first-order chi connectivity index (χ1) is 12.5. The molecule has 0 atom stereocenters. The van der Waals surface area contributed by atoms with Crippen molar-refractivity contribution < 1.29 is 4.79 Å². The molecule has 1 amide bonds. The number of nitrogens with zero attached hydrogens (tertiary/aromatic N) is 3. The van der Waals surface area contributed by atoms with Gasteiger partial charge in [-0.2, -0.15) is 0 Å². The van der Waals surface area contributed by atoms with Gasteiger partial charge in [0, 0.05) is 11.6 Å². The van der Waals surface area contributed by atoms with Crippen LogP contribution in [0.1, 0.15) is 54.2 Å². The normalized spacial score (nSPS) is 15.4. The highest BCUT2D eigenvalue weighted by atomic mass is 16.2. The van der Waals surface area contributed by atoms with Gasteiger partial charge in [0.05, 0.1) is 0 Å². The van der Waals surface area contributed by atoms with Gasteiger partial charge in [-0.25, -0.2) is 14.8 Å². The second-order valence-electron chi connectivity index (χ2n) is 6.92. The van der Waals surface area contributed by atoms with Crippen LogP contribution < -0.4 is 11.4 Å². The number of primary amides is 1. The predicted molar refractivity (Wildman–Crippen MR) is 99.0 cm³/mol. The van der Waals surface area contributed by atoms with Crippen molar-refractivity contribution >= 4 is 17.1 Å². The maximum absolute atomic E-state index is 12.6. The van der Waals surface area contributed by atoms with E-state index in [0.29, 0.717) is 17.0 Å². The van der Waals surface area contributed by atoms with E-state index in [1.54, 1.807) is 4.57 Å². The minimum absolute atomic E-state index is 0.0539. The number of hydrogen-bond donors (Lipinski definition) is 2. The lowest BCUT2D eigenvalue weighted by Gasteiger charge is -2.22. The Bertz CT molecular complexity index is 1040. The van der Waals surface area contributed by atoms with Crippen LogP contribution in [0, 0.1) is 6.92 Å². The summed E-state index contributed by atoms with van der Waals surface area (Å²) in [5.41, 5.74) is 7.96. The second-order valence-corrected chi connectivity index (χ2v) is 6.92. The number of nitrogens with two attached hydrogens (primary N) is 1. The molecular formula is C19H21N5O2. The van der Waals surface area contributed by atoms with Gasteiger partial charge in [0.15, 0.2) is 17.2 Å². The standard InChI is InChI=1S/C19H21N5O2/c1-11-6-5-7-12(10-11)17-21-14(16(20)25)15-18(23-17)24(19(26)22-15)13-8-3-2-4-9-13/h5-7,10,13H,2-4,8-9H2,1H3,(H2,20,25)(H,22,26). The van der Waals surface area contributed by atoms with E-state index in [0.717, 1.165) is 36.8 Å². The van der Waals surface area contributed by atoms with Gasteiger partial charge in [-0.1, -0.05) is 43.0 Å². The molecule has 1 aliphatic carbocycles. The van der Waals surface area contributed by atoms with E-state index in [1.165, 1.54) is 6.42 Å². The molecule has 26 heavy (non-hydrogen) atoms. The van der Waals surface area contributed by atoms with Gasteiger partial charge >= 0.3 is 5.69 Å². The van der Waals surface area contributed by atoms with Gasteiger partial charge in [0.25, 0.3) is 5.91 Å². The van der Waals surface area contributed by atoms with Crippen LogP contribution in [0.4, 0.5) is 0 Å². The molecule has 2 heterocycles. The molecule has 134 valence electrons. The van der Waals surface area contributed by atoms with E-state index >= 15 is 0 Å². The number of hydrogen-bond acceptors (Lipinski definition) is 4. The van der Waals surface area contributed by atoms with Gasteiger partial charge in [0.2, 0.25) is 0 Å². The molecule has 3 aromatic rings. The molecule has 0 unspecified atom stereocenters. The van der Waals surface area contributed by atoms with Crippen LogP contribution in [-0.2, 0) is 0 Å². The number of rotatable bonds is 3. The zero-order valence-corrected chi connectivity index (χ0v) is 14.7. The Morgan fingerprint density at radius 3 is 2.69 bits per heavy atom. The van der Waals surface area contributed by atoms with Crippen molar-refractivity contribution in [2.45, 2.75) is 45.1 Å². The van der Waals surface area contributed by atoms with Crippen molar-refractivity contribution in [2.75, 3.05) is 0 Å². The highest BCUT2D eigenvalue weighted by Gasteiger charge is 2.24. The fourth-order valence-electron chi connectivity index (χ4n) is 3.77. The Hall–Kier alpha value is -2.96. The first kappa shape index (κ1) is 16.5. The topological polar surface area (TPSA) is 107 Å². The third-order valence-corrected chi connectivity index (χ3v) is 5.02. The minimum atomic E-state index is -0.677. The molecular weight excluding hydrogens is 330 g/mol. The summed E-state index contributed by atoms with van der Waals surface area (Å²) in [5, 5.41) is 0. The predicted octanol–water partition coefficient (Wildman–Crippen LogP) is 2.70. The van der Waals surface area contributed by atoms with Gasteiger partial charge in [0.1, 0.15) is 5.52 Å². The maximum Gasteiger partial charge on any atom is 0.327 e. The number of carbonyl (C=O) groups is 1. The number of carbonyl (C=O) groups excluding carboxylic acids is 1. The lowest BCUT2D eigenvalue weighted by atomic mass is 9.95. The van der Waals surface area contributed by atoms with Crippen LogP contribution in [0.2, 0.25) is 0 Å². The number of aryl methyl sites for hydroxylation is 1. The SMILES string of the molecule is Cc1cccc(-c2nc(C(N)=O)c3[nH]c(=O)n(C4CCCCC4)c3n2)c1. The quantitative estimate of drug-likeness (QED) is 0.756. The molecule has 0 bridgehead atoms. The van der Waals surface area contributed by atoms with Crippen molar-refractivity contribution in [1.29, 1.82) is 0 Å². The van der Waals surface area contributed by atoms with Crippen molar-refractivity contribution in [3.05, 3.63) is 46.0 Å². The van der Waals surface area contributed by atoms with Crippen molar-refractivity contribution in [3.63, 3.8) is 0 Å². The van der Waals surface area contributed by atoms with Crippen LogP contribution in [0.3, 0.4) is 0 Å². The number of aromatic nitrogens is 4. The van der Waals surface area contributed by atoms with Crippen LogP contribution in [-0.4, -0.2) is 25.4 Å². The number of nitrogens with one attached hydrogen (secondary N) is 1. The second kappa shape index (κ2) is 6.40. The maximum atomic E-state index is 12.6. The van der Waals surface area contributed by atoms with E-state index in [2.05, 4.69) is 15.0 Å². The average Bonchev–Trinajstić information content (AvgIpc) is 2.97. The monoisotopic (exact) mass is 351 g/mol. The third kappa shape index (κ3) is 2.79. The molecule has 1 aliphatic rings. The largest absolute Gasteiger partial charge is 0.364 e. The van der Waals surface area contributed by atoms with Gasteiger partial charge in [-0.3, -0.25) is 9.36 Å². The zero-order chi connectivity index (χ0) is 18.3. The Morgan fingerprint density at radius 1 is 1.23 bits per heavy atom. The van der Waals surface area contributed by atoms with Crippen molar-refractivity contribution in [2.24, 2.45) is 5.73 Å². The third-order valence-electron chi connectivity index (χ3n) is 5.02. The molecule has 0 radical (unpaired) electrons. The van der Waals surface area contributed by atoms with Crippen LogP contribution in [0.5, 0.6) is 0 Å². The Kier molecular flexibility index (Phi) is 4.06. The molecule has 0 spiro atoms. The van der Waals surface area contributed by atoms with E-state index in [4.69, 9.17) is 5.73 Å². The summed E-state index contributed by atoms with van der Waals surface area (Å²) in [6.07, 6.45) is 5.22. The minimum Gasteiger partial charge on any atom is -0.364 e. The van der Waals surface area contributed by atoms with E-state index in [1.807, 2.05) is 31.2 Å². The van der Waals surface area contributed by atoms with Crippen LogP contribution >= 0.6 is 0 Å². The Balaban J connectivity index is 1.98. The van der Waals surface area contributed by atoms with Gasteiger partial charge in [-0.05, 0) is 25.8 Å². The molecule has 1 aromatic carbocycles. The lowest BCUT2D eigenvalue weighted by molar-refractivity contribution is 0.0997. The Morgan fingerprint density at radius 2 is 2.00 bits per heavy atom. The van der Waals surface area contributed by atoms with Crippen LogP contribution in [0.25, 0.3) is 22.6 Å². The molecule has 7 heteroatoms. The molecule has 4 rings (SSSR count). The van der Waals surface area contributed by atoms with E-state index in [9.17, 15) is 9.59 Å². The summed E-state index contributed by atoms with van der Waals surface area (Å²) in [6.45, 7) is 1.98. The summed E-state index contributed by atoms with van der Waals surface area (Å²) < 4.78 is 1.68. The molecule has 0 aliphatic heterocycles. The molecule has 7 nitrogen and oxygen atoms in total. The highest BCUT2D eigenvalue weighted by molar-refractivity contribution is 6.01. The molecule has 1 saturated carbocycles. The summed E-state index contributed by atoms with van der Waals surface area (Å²) in [4.78, 5) is 36.3. The fourth-order valence-corrected chi connectivity index (χ4v) is 3.77. The summed E-state index contributed by atoms with van der Waals surface area (Å²) >= 11 is 0. The number of fused-ring (bicyclic) bond motifs is 1. The summed E-state index contributed by atoms with van der Waals surface area (Å²) in [5.74, 6) is -0.276. The first-order valence-electron chi connectivity index (χ1n) is 8.93. The smallest absolute Gasteiger partial charge is 0.327 e. The molecule has 3 N–H and O–H groups in total. The van der Waals surface area contributed by atoms with Gasteiger partial charge < -0.3 is 10.7 Å². The van der Waals surface area contributed by atoms with Gasteiger partial charge in [-0.15, -0.1) is 0 Å². The van der Waals surface area contributed by atoms with E-state index in [-0.39, 0.29) is 17.4 Å². The Labute approximate surface area is 150 Å². The van der Waals surface area contributed by atoms with Crippen molar-refractivity contribution in [1.82, 2.24) is 19.5 Å². The first-order valence-corrected chi connectivity index (χ1v) is 8.93. The fraction of sp³-hybridized carbons (Fsp3) is 0.368. The number of benzene rings is 1. The van der Waals surface area contributed by atoms with Crippen LogP contribution in [0.15, 0.2) is 29.1 Å².